The number of hydrogen-bond donors (Lipinski definition) is 0. The Balaban J connectivity index is 1.63. The molecule has 3 rings (SSSR count). The normalized spacial score (nSPS) is 26.1. The first kappa shape index (κ1) is 21.0. The highest BCUT2D eigenvalue weighted by molar-refractivity contribution is 5.82. The number of ether oxygens (including phenoxy) is 1. The summed E-state index contributed by atoms with van der Waals surface area (Å²) in [5.74, 6) is -0.301. The van der Waals surface area contributed by atoms with E-state index in [4.69, 9.17) is 4.74 Å². The molecule has 2 aliphatic heterocycles. The minimum atomic E-state index is -0.359. The molecule has 154 valence electrons. The van der Waals surface area contributed by atoms with E-state index in [2.05, 4.69) is 32.7 Å². The Morgan fingerprint density at radius 3 is 2.29 bits per heavy atom. The standard InChI is InChI=1S/C24H35NO3/c1-24(2,3)16-20(26)12-13-22(17-8-6-5-7-9-17)23(27)28-21-14-18-10-11-19(15-21)25(18)4/h5-9,18-19,21-22H,10-16H2,1-4H3/t18-,19+,21?,22?. The molecule has 2 fully saturated rings. The van der Waals surface area contributed by atoms with Gasteiger partial charge in [-0.25, -0.2) is 0 Å². The van der Waals surface area contributed by atoms with E-state index < -0.39 is 0 Å². The molecule has 2 heterocycles. The molecule has 28 heavy (non-hydrogen) atoms. The first-order valence-electron chi connectivity index (χ1n) is 10.7. The fraction of sp³-hybridized carbons (Fsp3) is 0.667. The van der Waals surface area contributed by atoms with Crippen molar-refractivity contribution in [3.8, 4) is 0 Å². The van der Waals surface area contributed by atoms with E-state index in [0.29, 0.717) is 31.3 Å². The van der Waals surface area contributed by atoms with E-state index in [9.17, 15) is 9.59 Å². The average molecular weight is 386 g/mol. The molecule has 2 bridgehead atoms. The SMILES string of the molecule is CN1[C@@H]2CC[C@H]1CC(OC(=O)C(CCC(=O)CC(C)(C)C)c1ccccc1)C2. The minimum Gasteiger partial charge on any atom is -0.462 e. The van der Waals surface area contributed by atoms with Crippen molar-refractivity contribution in [1.29, 1.82) is 0 Å². The first-order valence-corrected chi connectivity index (χ1v) is 10.7. The van der Waals surface area contributed by atoms with E-state index in [1.807, 2.05) is 30.3 Å². The van der Waals surface area contributed by atoms with Crippen LogP contribution < -0.4 is 0 Å². The smallest absolute Gasteiger partial charge is 0.313 e. The van der Waals surface area contributed by atoms with Gasteiger partial charge in [0, 0.05) is 24.9 Å². The van der Waals surface area contributed by atoms with Crippen molar-refractivity contribution in [1.82, 2.24) is 4.90 Å². The molecule has 0 spiro atoms. The quantitative estimate of drug-likeness (QED) is 0.637. The van der Waals surface area contributed by atoms with Crippen LogP contribution in [-0.2, 0) is 14.3 Å². The molecule has 2 unspecified atom stereocenters. The second-order valence-electron chi connectivity index (χ2n) is 9.86. The second-order valence-corrected chi connectivity index (χ2v) is 9.86. The lowest BCUT2D eigenvalue weighted by atomic mass is 9.86. The maximum absolute atomic E-state index is 13.1. The molecule has 0 amide bonds. The molecular weight excluding hydrogens is 350 g/mol. The topological polar surface area (TPSA) is 46.6 Å². The molecule has 4 atom stereocenters. The number of benzene rings is 1. The van der Waals surface area contributed by atoms with E-state index in [1.54, 1.807) is 0 Å². The molecule has 2 aliphatic rings. The summed E-state index contributed by atoms with van der Waals surface area (Å²) in [6, 6.07) is 10.9. The summed E-state index contributed by atoms with van der Waals surface area (Å²) in [5, 5.41) is 0. The van der Waals surface area contributed by atoms with Crippen molar-refractivity contribution in [2.75, 3.05) is 7.05 Å². The summed E-state index contributed by atoms with van der Waals surface area (Å²) in [5.41, 5.74) is 0.930. The van der Waals surface area contributed by atoms with Crippen LogP contribution in [0.2, 0.25) is 0 Å². The van der Waals surface area contributed by atoms with Crippen LogP contribution in [0, 0.1) is 5.41 Å². The number of rotatable bonds is 7. The number of carbonyl (C=O) groups excluding carboxylic acids is 2. The van der Waals surface area contributed by atoms with Crippen LogP contribution in [0.25, 0.3) is 0 Å². The molecule has 0 N–H and O–H groups in total. The lowest BCUT2D eigenvalue weighted by molar-refractivity contribution is -0.154. The fourth-order valence-electron chi connectivity index (χ4n) is 4.80. The monoisotopic (exact) mass is 385 g/mol. The van der Waals surface area contributed by atoms with Gasteiger partial charge in [-0.05, 0) is 50.1 Å². The summed E-state index contributed by atoms with van der Waals surface area (Å²) in [7, 11) is 2.19. The van der Waals surface area contributed by atoms with Gasteiger partial charge in [0.1, 0.15) is 11.9 Å². The van der Waals surface area contributed by atoms with Crippen molar-refractivity contribution in [2.45, 2.75) is 89.8 Å². The van der Waals surface area contributed by atoms with E-state index in [-0.39, 0.29) is 29.2 Å². The molecular formula is C24H35NO3. The molecule has 1 aromatic rings. The molecule has 4 heteroatoms. The van der Waals surface area contributed by atoms with Gasteiger partial charge in [0.05, 0.1) is 5.92 Å². The third-order valence-electron chi connectivity index (χ3n) is 6.26. The number of piperidine rings is 1. The van der Waals surface area contributed by atoms with Gasteiger partial charge < -0.3 is 9.64 Å². The van der Waals surface area contributed by atoms with E-state index >= 15 is 0 Å². The summed E-state index contributed by atoms with van der Waals surface area (Å²) in [6.07, 6.45) is 5.78. The molecule has 0 aliphatic carbocycles. The molecule has 0 radical (unpaired) electrons. The van der Waals surface area contributed by atoms with Gasteiger partial charge in [0.15, 0.2) is 0 Å². The average Bonchev–Trinajstić information content (AvgIpc) is 2.82. The Morgan fingerprint density at radius 2 is 1.71 bits per heavy atom. The Labute approximate surface area is 169 Å². The van der Waals surface area contributed by atoms with Gasteiger partial charge >= 0.3 is 5.97 Å². The predicted molar refractivity (Wildman–Crippen MR) is 111 cm³/mol. The Kier molecular flexibility index (Phi) is 6.59. The Bertz CT molecular complexity index is 665. The zero-order chi connectivity index (χ0) is 20.3. The van der Waals surface area contributed by atoms with Crippen LogP contribution in [0.1, 0.15) is 77.2 Å². The zero-order valence-electron chi connectivity index (χ0n) is 17.8. The predicted octanol–water partition coefficient (Wildman–Crippen LogP) is 4.72. The number of fused-ring (bicyclic) bond motifs is 2. The maximum Gasteiger partial charge on any atom is 0.313 e. The van der Waals surface area contributed by atoms with Gasteiger partial charge in [-0.2, -0.15) is 0 Å². The number of nitrogens with zero attached hydrogens (tertiary/aromatic N) is 1. The number of esters is 1. The van der Waals surface area contributed by atoms with Crippen LogP contribution in [0.3, 0.4) is 0 Å². The van der Waals surface area contributed by atoms with E-state index in [1.165, 1.54) is 12.8 Å². The van der Waals surface area contributed by atoms with Crippen LogP contribution in [0.5, 0.6) is 0 Å². The summed E-state index contributed by atoms with van der Waals surface area (Å²) in [6.45, 7) is 6.21. The van der Waals surface area contributed by atoms with Gasteiger partial charge in [-0.1, -0.05) is 51.1 Å². The lowest BCUT2D eigenvalue weighted by Gasteiger charge is -2.36. The maximum atomic E-state index is 13.1. The van der Waals surface area contributed by atoms with E-state index in [0.717, 1.165) is 18.4 Å². The second kappa shape index (κ2) is 8.77. The molecule has 2 saturated heterocycles. The van der Waals surface area contributed by atoms with Gasteiger partial charge in [-0.15, -0.1) is 0 Å². The van der Waals surface area contributed by atoms with Crippen molar-refractivity contribution >= 4 is 11.8 Å². The summed E-state index contributed by atoms with van der Waals surface area (Å²) in [4.78, 5) is 27.9. The Morgan fingerprint density at radius 1 is 1.11 bits per heavy atom. The molecule has 1 aromatic carbocycles. The Hall–Kier alpha value is -1.68. The van der Waals surface area contributed by atoms with Gasteiger partial charge in [-0.3, -0.25) is 9.59 Å². The summed E-state index contributed by atoms with van der Waals surface area (Å²) >= 11 is 0. The number of carbonyl (C=O) groups is 2. The molecule has 4 nitrogen and oxygen atoms in total. The number of Topliss-reactive ketones (excluding diaryl/α,β-unsaturated/α-hetero) is 1. The molecule has 0 saturated carbocycles. The highest BCUT2D eigenvalue weighted by Crippen LogP contribution is 2.36. The number of ketones is 1. The highest BCUT2D eigenvalue weighted by Gasteiger charge is 2.40. The van der Waals surface area contributed by atoms with Crippen LogP contribution >= 0.6 is 0 Å². The van der Waals surface area contributed by atoms with Gasteiger partial charge in [0.25, 0.3) is 0 Å². The largest absolute Gasteiger partial charge is 0.462 e. The third kappa shape index (κ3) is 5.44. The number of hydrogen-bond acceptors (Lipinski definition) is 4. The van der Waals surface area contributed by atoms with Crippen molar-refractivity contribution in [3.63, 3.8) is 0 Å². The van der Waals surface area contributed by atoms with Gasteiger partial charge in [0.2, 0.25) is 0 Å². The third-order valence-corrected chi connectivity index (χ3v) is 6.26. The minimum absolute atomic E-state index is 0.0117. The molecule has 0 aromatic heterocycles. The highest BCUT2D eigenvalue weighted by atomic mass is 16.5. The lowest BCUT2D eigenvalue weighted by Crippen LogP contribution is -2.43. The van der Waals surface area contributed by atoms with Crippen molar-refractivity contribution in [3.05, 3.63) is 35.9 Å². The van der Waals surface area contributed by atoms with Crippen molar-refractivity contribution in [2.24, 2.45) is 5.41 Å². The van der Waals surface area contributed by atoms with Crippen LogP contribution in [0.4, 0.5) is 0 Å². The first-order chi connectivity index (χ1) is 13.2. The zero-order valence-corrected chi connectivity index (χ0v) is 17.8. The fourth-order valence-corrected chi connectivity index (χ4v) is 4.80. The van der Waals surface area contributed by atoms with Crippen LogP contribution in [0.15, 0.2) is 30.3 Å². The van der Waals surface area contributed by atoms with Crippen LogP contribution in [-0.4, -0.2) is 41.9 Å². The summed E-state index contributed by atoms with van der Waals surface area (Å²) < 4.78 is 5.99. The van der Waals surface area contributed by atoms with Crippen molar-refractivity contribution < 1.29 is 14.3 Å².